The third kappa shape index (κ3) is 7.14. The highest BCUT2D eigenvalue weighted by molar-refractivity contribution is 5.92. The van der Waals surface area contributed by atoms with Gasteiger partial charge in [-0.05, 0) is 57.6 Å². The minimum absolute atomic E-state index is 0.0999. The molecule has 2 aromatic rings. The van der Waals surface area contributed by atoms with E-state index in [4.69, 9.17) is 0 Å². The Morgan fingerprint density at radius 2 is 1.95 bits per heavy atom. The summed E-state index contributed by atoms with van der Waals surface area (Å²) in [5.74, 6) is -1.36. The molecule has 1 aromatic carbocycles. The Morgan fingerprint density at radius 1 is 1.16 bits per heavy atom. The van der Waals surface area contributed by atoms with Crippen molar-refractivity contribution in [2.24, 2.45) is 5.92 Å². The number of carbonyl (C=O) groups excluding carboxylic acids is 3. The molecule has 2 aliphatic rings. The van der Waals surface area contributed by atoms with Gasteiger partial charge in [0.25, 0.3) is 0 Å². The molecule has 0 bridgehead atoms. The molecule has 4 rings (SSSR count). The minimum Gasteiger partial charge on any atom is -0.345 e. The molecule has 3 N–H and O–H groups in total. The molecular formula is C27H35F2N5O3. The number of H-pyrrole nitrogens is 1. The van der Waals surface area contributed by atoms with Gasteiger partial charge in [-0.15, -0.1) is 0 Å². The molecule has 1 saturated carbocycles. The normalized spacial score (nSPS) is 19.2. The zero-order chi connectivity index (χ0) is 26.5. The highest BCUT2D eigenvalue weighted by atomic mass is 19.1. The predicted octanol–water partition coefficient (Wildman–Crippen LogP) is 4.00. The molecule has 0 radical (unpaired) electrons. The van der Waals surface area contributed by atoms with Gasteiger partial charge < -0.3 is 20.5 Å². The summed E-state index contributed by atoms with van der Waals surface area (Å²) in [5, 5.41) is 5.59. The Kier molecular flexibility index (Phi) is 8.56. The van der Waals surface area contributed by atoms with Crippen molar-refractivity contribution in [2.75, 3.05) is 6.54 Å². The summed E-state index contributed by atoms with van der Waals surface area (Å²) in [5.41, 5.74) is 0.494. The van der Waals surface area contributed by atoms with Crippen LogP contribution >= 0.6 is 0 Å². The van der Waals surface area contributed by atoms with Gasteiger partial charge in [0.1, 0.15) is 23.5 Å². The van der Waals surface area contributed by atoms with E-state index < -0.39 is 29.6 Å². The first-order valence-corrected chi connectivity index (χ1v) is 13.1. The van der Waals surface area contributed by atoms with Crippen LogP contribution in [0.3, 0.4) is 0 Å². The standard InChI is InChI=1S/C27H35F2N5O3/c1-16-5-3-4-12-34(16)25(36)14-22(32-24(35)11-8-18-6-7-18)27(37)31-17(2)26-30-15-23(33-26)20-10-9-19(28)13-21(20)29/h9-10,13,15-18,22H,3-8,11-12,14H2,1-2H3,(H,30,33)(H,31,37)(H,32,35)/t16-,17-,22-/m0/s1. The largest absolute Gasteiger partial charge is 0.345 e. The maximum absolute atomic E-state index is 14.2. The van der Waals surface area contributed by atoms with Gasteiger partial charge in [-0.3, -0.25) is 14.4 Å². The number of carbonyl (C=O) groups is 3. The van der Waals surface area contributed by atoms with Crippen LogP contribution in [0.15, 0.2) is 24.4 Å². The van der Waals surface area contributed by atoms with E-state index in [-0.39, 0.29) is 29.8 Å². The van der Waals surface area contributed by atoms with Crippen molar-refractivity contribution in [3.63, 3.8) is 0 Å². The van der Waals surface area contributed by atoms with Crippen molar-refractivity contribution in [1.82, 2.24) is 25.5 Å². The number of hydrogen-bond acceptors (Lipinski definition) is 4. The molecule has 1 saturated heterocycles. The molecule has 3 amide bonds. The van der Waals surface area contributed by atoms with E-state index >= 15 is 0 Å². The summed E-state index contributed by atoms with van der Waals surface area (Å²) in [6, 6.07) is 1.73. The molecule has 8 nitrogen and oxygen atoms in total. The fourth-order valence-electron chi connectivity index (χ4n) is 4.76. The molecular weight excluding hydrogens is 480 g/mol. The lowest BCUT2D eigenvalue weighted by molar-refractivity contribution is -0.138. The number of likely N-dealkylation sites (tertiary alicyclic amines) is 1. The molecule has 10 heteroatoms. The van der Waals surface area contributed by atoms with Crippen LogP contribution in [0.25, 0.3) is 11.3 Å². The third-order valence-electron chi connectivity index (χ3n) is 7.22. The van der Waals surface area contributed by atoms with Crippen LogP contribution in [-0.2, 0) is 14.4 Å². The molecule has 1 aromatic heterocycles. The summed E-state index contributed by atoms with van der Waals surface area (Å²) in [6.45, 7) is 4.35. The fraction of sp³-hybridized carbons (Fsp3) is 0.556. The average Bonchev–Trinajstić information content (AvgIpc) is 3.56. The van der Waals surface area contributed by atoms with Gasteiger partial charge in [0, 0.05) is 30.6 Å². The van der Waals surface area contributed by atoms with E-state index in [2.05, 4.69) is 20.6 Å². The number of rotatable bonds is 10. The molecule has 1 aliphatic carbocycles. The monoisotopic (exact) mass is 515 g/mol. The fourth-order valence-corrected chi connectivity index (χ4v) is 4.76. The summed E-state index contributed by atoms with van der Waals surface area (Å²) in [6.07, 6.45) is 7.56. The van der Waals surface area contributed by atoms with Crippen molar-refractivity contribution in [2.45, 2.75) is 83.3 Å². The number of nitrogens with one attached hydrogen (secondary N) is 3. The number of aromatic nitrogens is 2. The summed E-state index contributed by atoms with van der Waals surface area (Å²) in [7, 11) is 0. The smallest absolute Gasteiger partial charge is 0.243 e. The van der Waals surface area contributed by atoms with E-state index in [0.29, 0.717) is 30.4 Å². The molecule has 200 valence electrons. The maximum Gasteiger partial charge on any atom is 0.243 e. The van der Waals surface area contributed by atoms with Gasteiger partial charge in [0.2, 0.25) is 17.7 Å². The zero-order valence-electron chi connectivity index (χ0n) is 21.4. The molecule has 2 heterocycles. The molecule has 0 unspecified atom stereocenters. The highest BCUT2D eigenvalue weighted by Gasteiger charge is 2.31. The lowest BCUT2D eigenvalue weighted by Gasteiger charge is -2.34. The van der Waals surface area contributed by atoms with Crippen LogP contribution in [0.2, 0.25) is 0 Å². The molecule has 0 spiro atoms. The molecule has 1 aliphatic heterocycles. The lowest BCUT2D eigenvalue weighted by atomic mass is 10.0. The van der Waals surface area contributed by atoms with Crippen molar-refractivity contribution < 1.29 is 23.2 Å². The first kappa shape index (κ1) is 26.8. The van der Waals surface area contributed by atoms with E-state index in [1.165, 1.54) is 12.3 Å². The first-order valence-electron chi connectivity index (χ1n) is 13.1. The second-order valence-corrected chi connectivity index (χ2v) is 10.3. The predicted molar refractivity (Wildman–Crippen MR) is 134 cm³/mol. The summed E-state index contributed by atoms with van der Waals surface area (Å²) in [4.78, 5) is 47.9. The number of imidazole rings is 1. The summed E-state index contributed by atoms with van der Waals surface area (Å²) >= 11 is 0. The number of piperidine rings is 1. The molecule has 3 atom stereocenters. The average molecular weight is 516 g/mol. The van der Waals surface area contributed by atoms with Gasteiger partial charge >= 0.3 is 0 Å². The first-order chi connectivity index (χ1) is 17.7. The third-order valence-corrected chi connectivity index (χ3v) is 7.22. The Balaban J connectivity index is 1.42. The van der Waals surface area contributed by atoms with Crippen LogP contribution < -0.4 is 10.6 Å². The Bertz CT molecular complexity index is 1130. The Labute approximate surface area is 215 Å². The number of amides is 3. The van der Waals surface area contributed by atoms with Crippen LogP contribution in [0, 0.1) is 17.6 Å². The van der Waals surface area contributed by atoms with Crippen LogP contribution in [0.5, 0.6) is 0 Å². The lowest BCUT2D eigenvalue weighted by Crippen LogP contribution is -2.51. The van der Waals surface area contributed by atoms with Crippen molar-refractivity contribution >= 4 is 17.7 Å². The molecule has 37 heavy (non-hydrogen) atoms. The minimum atomic E-state index is -1.01. The number of benzene rings is 1. The van der Waals surface area contributed by atoms with Gasteiger partial charge in [-0.25, -0.2) is 13.8 Å². The number of halogens is 2. The summed E-state index contributed by atoms with van der Waals surface area (Å²) < 4.78 is 27.4. The second kappa shape index (κ2) is 11.8. The maximum atomic E-state index is 14.2. The Hall–Kier alpha value is -3.30. The van der Waals surface area contributed by atoms with E-state index in [1.807, 2.05) is 6.92 Å². The van der Waals surface area contributed by atoms with Crippen LogP contribution in [0.1, 0.15) is 77.1 Å². The van der Waals surface area contributed by atoms with Gasteiger partial charge in [0.05, 0.1) is 24.4 Å². The van der Waals surface area contributed by atoms with E-state index in [9.17, 15) is 23.2 Å². The number of nitrogens with zero attached hydrogens (tertiary/aromatic N) is 2. The zero-order valence-corrected chi connectivity index (χ0v) is 21.4. The van der Waals surface area contributed by atoms with Crippen molar-refractivity contribution in [1.29, 1.82) is 0 Å². The highest BCUT2D eigenvalue weighted by Crippen LogP contribution is 2.33. The van der Waals surface area contributed by atoms with Crippen LogP contribution in [0.4, 0.5) is 8.78 Å². The second-order valence-electron chi connectivity index (χ2n) is 10.3. The molecule has 2 fully saturated rings. The van der Waals surface area contributed by atoms with E-state index in [0.717, 1.165) is 50.7 Å². The van der Waals surface area contributed by atoms with E-state index in [1.54, 1.807) is 11.8 Å². The van der Waals surface area contributed by atoms with Gasteiger partial charge in [-0.2, -0.15) is 0 Å². The van der Waals surface area contributed by atoms with Crippen molar-refractivity contribution in [3.8, 4) is 11.3 Å². The number of aromatic amines is 1. The van der Waals surface area contributed by atoms with Crippen LogP contribution in [-0.4, -0.2) is 51.2 Å². The van der Waals surface area contributed by atoms with Crippen molar-refractivity contribution in [3.05, 3.63) is 41.9 Å². The quantitative estimate of drug-likeness (QED) is 0.445. The SMILES string of the molecule is C[C@H](NC(=O)[C@H](CC(=O)N1CCCC[C@@H]1C)NC(=O)CCC1CC1)c1ncc(-c2ccc(F)cc2F)[nH]1. The number of hydrogen-bond donors (Lipinski definition) is 3. The van der Waals surface area contributed by atoms with Gasteiger partial charge in [-0.1, -0.05) is 12.8 Å². The Morgan fingerprint density at radius 3 is 2.65 bits per heavy atom. The van der Waals surface area contributed by atoms with Gasteiger partial charge in [0.15, 0.2) is 0 Å². The topological polar surface area (TPSA) is 107 Å².